The van der Waals surface area contributed by atoms with Gasteiger partial charge in [0.15, 0.2) is 6.19 Å². The molecule has 5 nitrogen and oxygen atoms in total. The van der Waals surface area contributed by atoms with E-state index in [1.54, 1.807) is 0 Å². The van der Waals surface area contributed by atoms with E-state index in [4.69, 9.17) is 4.74 Å². The Bertz CT molecular complexity index is 942. The normalized spacial score (nSPS) is 27.3. The molecule has 2 aliphatic rings. The Hall–Kier alpha value is -2.45. The number of para-hydroxylation sites is 1. The minimum atomic E-state index is 0.206. The number of aromatic nitrogens is 1. The van der Waals surface area contributed by atoms with E-state index in [0.29, 0.717) is 11.8 Å². The Kier molecular flexibility index (Phi) is 7.19. The zero-order valence-corrected chi connectivity index (χ0v) is 18.6. The third kappa shape index (κ3) is 5.07. The molecule has 1 aromatic heterocycles. The van der Waals surface area contributed by atoms with E-state index in [1.165, 1.54) is 28.4 Å². The first-order valence-electron chi connectivity index (χ1n) is 11.8. The first-order valence-corrected chi connectivity index (χ1v) is 11.8. The minimum absolute atomic E-state index is 0.206. The van der Waals surface area contributed by atoms with Crippen LogP contribution in [-0.2, 0) is 17.6 Å². The summed E-state index contributed by atoms with van der Waals surface area (Å²) in [6, 6.07) is 8.48. The van der Waals surface area contributed by atoms with Crippen LogP contribution < -0.4 is 0 Å². The predicted molar refractivity (Wildman–Crippen MR) is 124 cm³/mol. The van der Waals surface area contributed by atoms with Crippen molar-refractivity contribution in [2.75, 3.05) is 20.2 Å². The van der Waals surface area contributed by atoms with Crippen molar-refractivity contribution < 1.29 is 9.84 Å². The SMILES string of the molecule is COC1CCC2CCC/C(=C/O)CC[C@H]2CN(C#N)CCc2c([nH]c3ccccc23)C1. The van der Waals surface area contributed by atoms with Gasteiger partial charge in [0, 0.05) is 43.2 Å². The molecule has 0 radical (unpaired) electrons. The molecule has 0 saturated heterocycles. The van der Waals surface area contributed by atoms with Gasteiger partial charge in [-0.05, 0) is 80.4 Å². The number of H-pyrrole nitrogens is 1. The van der Waals surface area contributed by atoms with Gasteiger partial charge in [-0.25, -0.2) is 0 Å². The average molecular weight is 422 g/mol. The molecule has 31 heavy (non-hydrogen) atoms. The quantitative estimate of drug-likeness (QED) is 0.472. The summed E-state index contributed by atoms with van der Waals surface area (Å²) < 4.78 is 5.94. The third-order valence-electron chi connectivity index (χ3n) is 7.51. The van der Waals surface area contributed by atoms with Crippen molar-refractivity contribution >= 4 is 10.9 Å². The van der Waals surface area contributed by atoms with Gasteiger partial charge in [-0.1, -0.05) is 18.2 Å². The summed E-state index contributed by atoms with van der Waals surface area (Å²) in [5.74, 6) is 1.09. The van der Waals surface area contributed by atoms with E-state index < -0.39 is 0 Å². The van der Waals surface area contributed by atoms with E-state index in [9.17, 15) is 10.4 Å². The van der Waals surface area contributed by atoms with Crippen molar-refractivity contribution in [1.29, 1.82) is 5.26 Å². The van der Waals surface area contributed by atoms with Gasteiger partial charge >= 0.3 is 0 Å². The number of nitrogens with zero attached hydrogens (tertiary/aromatic N) is 2. The molecule has 4 rings (SSSR count). The Morgan fingerprint density at radius 3 is 2.81 bits per heavy atom. The number of fused-ring (bicyclic) bond motifs is 4. The largest absolute Gasteiger partial charge is 0.516 e. The number of hydrogen-bond acceptors (Lipinski definition) is 4. The molecule has 2 heterocycles. The number of aliphatic hydroxyl groups is 1. The van der Waals surface area contributed by atoms with E-state index in [0.717, 1.165) is 76.5 Å². The molecule has 2 unspecified atom stereocenters. The molecule has 166 valence electrons. The highest BCUT2D eigenvalue weighted by Gasteiger charge is 2.28. The summed E-state index contributed by atoms with van der Waals surface area (Å²) in [6.07, 6.45) is 13.2. The molecule has 0 amide bonds. The lowest BCUT2D eigenvalue weighted by molar-refractivity contribution is 0.0803. The fourth-order valence-electron chi connectivity index (χ4n) is 5.67. The molecule has 2 aromatic rings. The van der Waals surface area contributed by atoms with Gasteiger partial charge in [-0.2, -0.15) is 5.26 Å². The van der Waals surface area contributed by atoms with Crippen molar-refractivity contribution in [3.8, 4) is 6.19 Å². The molecule has 1 aliphatic heterocycles. The number of nitrogens with one attached hydrogen (secondary N) is 1. The highest BCUT2D eigenvalue weighted by molar-refractivity contribution is 5.84. The maximum absolute atomic E-state index is 9.90. The zero-order chi connectivity index (χ0) is 21.6. The van der Waals surface area contributed by atoms with Gasteiger partial charge < -0.3 is 19.7 Å². The second kappa shape index (κ2) is 10.2. The van der Waals surface area contributed by atoms with Crippen LogP contribution in [0.1, 0.15) is 56.2 Å². The van der Waals surface area contributed by atoms with Crippen LogP contribution >= 0.6 is 0 Å². The van der Waals surface area contributed by atoms with E-state index in [-0.39, 0.29) is 6.10 Å². The lowest BCUT2D eigenvalue weighted by Gasteiger charge is -2.34. The smallest absolute Gasteiger partial charge is 0.179 e. The van der Waals surface area contributed by atoms with Crippen LogP contribution in [-0.4, -0.2) is 41.3 Å². The lowest BCUT2D eigenvalue weighted by Crippen LogP contribution is -2.33. The van der Waals surface area contributed by atoms with Crippen molar-refractivity contribution in [2.45, 2.75) is 63.9 Å². The number of ether oxygens (including phenoxy) is 1. The molecule has 3 atom stereocenters. The van der Waals surface area contributed by atoms with Gasteiger partial charge in [0.2, 0.25) is 0 Å². The van der Waals surface area contributed by atoms with Crippen LogP contribution in [0.15, 0.2) is 36.1 Å². The lowest BCUT2D eigenvalue weighted by atomic mass is 9.77. The van der Waals surface area contributed by atoms with Gasteiger partial charge in [0.05, 0.1) is 12.4 Å². The van der Waals surface area contributed by atoms with Crippen molar-refractivity contribution in [2.24, 2.45) is 11.8 Å². The van der Waals surface area contributed by atoms with E-state index in [2.05, 4.69) is 35.4 Å². The first kappa shape index (κ1) is 21.8. The first-order chi connectivity index (χ1) is 15.2. The maximum atomic E-state index is 9.90. The number of aliphatic hydroxyl groups excluding tert-OH is 1. The van der Waals surface area contributed by atoms with Crippen molar-refractivity contribution in [3.05, 3.63) is 47.4 Å². The second-order valence-corrected chi connectivity index (χ2v) is 9.30. The number of benzene rings is 1. The van der Waals surface area contributed by atoms with Crippen LogP contribution in [0.3, 0.4) is 0 Å². The highest BCUT2D eigenvalue weighted by Crippen LogP contribution is 2.35. The standard InChI is InChI=1S/C26H35N3O2/c1-31-22-12-11-20-6-4-5-19(17-30)9-10-21(20)16-29(18-27)14-13-24-23-7-2-3-8-25(23)28-26(24)15-22/h2-3,7-8,17,20-22,28,30H,4-6,9-16H2,1H3/b19-17-/t20?,21-,22?/m0/s1. The highest BCUT2D eigenvalue weighted by atomic mass is 16.5. The summed E-state index contributed by atoms with van der Waals surface area (Å²) in [7, 11) is 1.84. The Balaban J connectivity index is 1.63. The van der Waals surface area contributed by atoms with Crippen LogP contribution in [0.2, 0.25) is 0 Å². The Morgan fingerprint density at radius 1 is 1.13 bits per heavy atom. The monoisotopic (exact) mass is 421 g/mol. The van der Waals surface area contributed by atoms with Gasteiger partial charge in [0.25, 0.3) is 0 Å². The zero-order valence-electron chi connectivity index (χ0n) is 18.6. The van der Waals surface area contributed by atoms with Gasteiger partial charge in [-0.15, -0.1) is 0 Å². The molecule has 1 fully saturated rings. The van der Waals surface area contributed by atoms with E-state index >= 15 is 0 Å². The molecule has 5 heteroatoms. The average Bonchev–Trinajstić information content (AvgIpc) is 3.13. The van der Waals surface area contributed by atoms with Crippen LogP contribution in [0.4, 0.5) is 0 Å². The fraction of sp³-hybridized carbons (Fsp3) is 0.577. The molecule has 0 spiro atoms. The van der Waals surface area contributed by atoms with Crippen molar-refractivity contribution in [3.63, 3.8) is 0 Å². The maximum Gasteiger partial charge on any atom is 0.179 e. The summed E-state index contributed by atoms with van der Waals surface area (Å²) >= 11 is 0. The molecular formula is C26H35N3O2. The summed E-state index contributed by atoms with van der Waals surface area (Å²) in [6.45, 7) is 1.56. The molecule has 2 N–H and O–H groups in total. The van der Waals surface area contributed by atoms with Crippen LogP contribution in [0, 0.1) is 23.3 Å². The number of methoxy groups -OCH3 is 1. The fourth-order valence-corrected chi connectivity index (χ4v) is 5.67. The second-order valence-electron chi connectivity index (χ2n) is 9.30. The van der Waals surface area contributed by atoms with Crippen molar-refractivity contribution in [1.82, 2.24) is 9.88 Å². The predicted octanol–water partition coefficient (Wildman–Crippen LogP) is 5.48. The van der Waals surface area contributed by atoms with Crippen LogP contribution in [0.25, 0.3) is 10.9 Å². The van der Waals surface area contributed by atoms with Gasteiger partial charge in [-0.3, -0.25) is 0 Å². The minimum Gasteiger partial charge on any atom is -0.516 e. The van der Waals surface area contributed by atoms with Gasteiger partial charge in [0.1, 0.15) is 0 Å². The Morgan fingerprint density at radius 2 is 2.00 bits per heavy atom. The molecular weight excluding hydrogens is 386 g/mol. The number of hydrogen-bond donors (Lipinski definition) is 2. The molecule has 1 aliphatic carbocycles. The number of allylic oxidation sites excluding steroid dienone is 1. The molecule has 1 aromatic carbocycles. The summed E-state index contributed by atoms with van der Waals surface area (Å²) in [5, 5.41) is 20.7. The third-order valence-corrected chi connectivity index (χ3v) is 7.51. The Labute approximate surface area is 185 Å². The number of rotatable bonds is 1. The molecule has 1 saturated carbocycles. The summed E-state index contributed by atoms with van der Waals surface area (Å²) in [4.78, 5) is 5.61. The molecule has 0 bridgehead atoms. The summed E-state index contributed by atoms with van der Waals surface area (Å²) in [5.41, 5.74) is 4.92. The number of nitriles is 1. The van der Waals surface area contributed by atoms with Crippen LogP contribution in [0.5, 0.6) is 0 Å². The van der Waals surface area contributed by atoms with E-state index in [1.807, 2.05) is 12.0 Å². The number of aromatic amines is 1. The topological polar surface area (TPSA) is 72.3 Å².